The summed E-state index contributed by atoms with van der Waals surface area (Å²) in [6.07, 6.45) is 0. The topological polar surface area (TPSA) is 107 Å². The highest BCUT2D eigenvalue weighted by Crippen LogP contribution is 2.20. The van der Waals surface area contributed by atoms with Crippen molar-refractivity contribution in [3.05, 3.63) is 58.4 Å². The average molecular weight is 504 g/mol. The number of morpholine rings is 1. The fourth-order valence-electron chi connectivity index (χ4n) is 3.61. The van der Waals surface area contributed by atoms with Crippen LogP contribution in [0.4, 0.5) is 0 Å². The second kappa shape index (κ2) is 10.2. The first-order chi connectivity index (χ1) is 16.3. The molecule has 0 atom stereocenters. The van der Waals surface area contributed by atoms with Gasteiger partial charge in [0.1, 0.15) is 6.54 Å². The quantitative estimate of drug-likeness (QED) is 0.478. The summed E-state index contributed by atoms with van der Waals surface area (Å²) in [6.45, 7) is 5.18. The van der Waals surface area contributed by atoms with Crippen LogP contribution in [0.25, 0.3) is 10.2 Å². The van der Waals surface area contributed by atoms with Crippen molar-refractivity contribution in [1.82, 2.24) is 8.87 Å². The minimum absolute atomic E-state index is 0.0697. The molecule has 1 saturated heterocycles. The summed E-state index contributed by atoms with van der Waals surface area (Å²) >= 11 is 1.30. The van der Waals surface area contributed by atoms with Gasteiger partial charge in [-0.05, 0) is 55.8 Å². The van der Waals surface area contributed by atoms with Crippen LogP contribution in [-0.2, 0) is 30.8 Å². The smallest absolute Gasteiger partial charge is 0.326 e. The molecule has 0 unspecified atom stereocenters. The van der Waals surface area contributed by atoms with E-state index in [0.29, 0.717) is 31.1 Å². The van der Waals surface area contributed by atoms with Gasteiger partial charge in [0, 0.05) is 18.7 Å². The Kier molecular flexibility index (Phi) is 7.27. The highest BCUT2D eigenvalue weighted by atomic mass is 32.2. The van der Waals surface area contributed by atoms with Gasteiger partial charge in [0.25, 0.3) is 5.91 Å². The number of sulfonamides is 1. The molecule has 1 amide bonds. The van der Waals surface area contributed by atoms with Crippen molar-refractivity contribution in [1.29, 1.82) is 0 Å². The van der Waals surface area contributed by atoms with Crippen LogP contribution >= 0.6 is 11.3 Å². The van der Waals surface area contributed by atoms with Crippen LogP contribution in [0.15, 0.2) is 52.4 Å². The van der Waals surface area contributed by atoms with Gasteiger partial charge in [-0.15, -0.1) is 0 Å². The first-order valence-corrected chi connectivity index (χ1v) is 13.1. The summed E-state index contributed by atoms with van der Waals surface area (Å²) < 4.78 is 39.8. The molecule has 4 rings (SSSR count). The third-order valence-electron chi connectivity index (χ3n) is 5.34. The van der Waals surface area contributed by atoms with Gasteiger partial charge in [-0.2, -0.15) is 9.30 Å². The van der Waals surface area contributed by atoms with E-state index in [-0.39, 0.29) is 23.6 Å². The number of hydrogen-bond donors (Lipinski definition) is 0. The average Bonchev–Trinajstić information content (AvgIpc) is 3.15. The maximum atomic E-state index is 12.9. The van der Waals surface area contributed by atoms with Crippen LogP contribution in [0.2, 0.25) is 0 Å². The van der Waals surface area contributed by atoms with Crippen molar-refractivity contribution in [2.24, 2.45) is 4.99 Å². The van der Waals surface area contributed by atoms with Crippen molar-refractivity contribution >= 4 is 43.5 Å². The number of carbonyl (C=O) groups excluding carboxylic acids is 2. The van der Waals surface area contributed by atoms with Crippen LogP contribution in [0.1, 0.15) is 22.8 Å². The van der Waals surface area contributed by atoms with E-state index in [2.05, 4.69) is 4.99 Å². The molecular weight excluding hydrogens is 478 g/mol. The van der Waals surface area contributed by atoms with Gasteiger partial charge in [-0.1, -0.05) is 17.4 Å². The van der Waals surface area contributed by atoms with E-state index in [1.54, 1.807) is 11.5 Å². The zero-order valence-electron chi connectivity index (χ0n) is 18.9. The monoisotopic (exact) mass is 503 g/mol. The highest BCUT2D eigenvalue weighted by Gasteiger charge is 2.26. The van der Waals surface area contributed by atoms with Crippen LogP contribution < -0.4 is 4.80 Å². The van der Waals surface area contributed by atoms with Gasteiger partial charge in [0.05, 0.1) is 34.9 Å². The minimum atomic E-state index is -3.65. The van der Waals surface area contributed by atoms with Crippen molar-refractivity contribution in [2.45, 2.75) is 25.3 Å². The van der Waals surface area contributed by atoms with Crippen molar-refractivity contribution in [3.8, 4) is 0 Å². The van der Waals surface area contributed by atoms with Gasteiger partial charge >= 0.3 is 5.97 Å². The van der Waals surface area contributed by atoms with E-state index in [9.17, 15) is 18.0 Å². The van der Waals surface area contributed by atoms with Crippen molar-refractivity contribution in [2.75, 3.05) is 32.9 Å². The minimum Gasteiger partial charge on any atom is -0.465 e. The number of benzene rings is 2. The van der Waals surface area contributed by atoms with Crippen molar-refractivity contribution < 1.29 is 27.5 Å². The summed E-state index contributed by atoms with van der Waals surface area (Å²) in [5, 5.41) is 0. The van der Waals surface area contributed by atoms with E-state index in [1.807, 2.05) is 25.1 Å². The number of aromatic nitrogens is 1. The standard InChI is InChI=1S/C23H25N3O6S2/c1-3-32-21(27)15-26-19-9-4-16(2)14-20(19)33-23(26)24-22(28)17-5-7-18(8-6-17)34(29,30)25-10-12-31-13-11-25/h4-9,14H,3,10-13,15H2,1-2H3. The number of ether oxygens (including phenoxy) is 2. The summed E-state index contributed by atoms with van der Waals surface area (Å²) in [4.78, 5) is 29.8. The SMILES string of the molecule is CCOC(=O)Cn1c(=NC(=O)c2ccc(S(=O)(=O)N3CCOCC3)cc2)sc2cc(C)ccc21. The molecule has 0 spiro atoms. The Morgan fingerprint density at radius 1 is 1.12 bits per heavy atom. The molecule has 1 aliphatic heterocycles. The second-order valence-corrected chi connectivity index (χ2v) is 10.7. The molecule has 0 aliphatic carbocycles. The Balaban J connectivity index is 1.66. The fourth-order valence-corrected chi connectivity index (χ4v) is 6.15. The summed E-state index contributed by atoms with van der Waals surface area (Å²) in [7, 11) is -3.65. The molecule has 0 N–H and O–H groups in total. The molecule has 1 aromatic heterocycles. The summed E-state index contributed by atoms with van der Waals surface area (Å²) in [5.41, 5.74) is 2.08. The molecule has 2 aromatic carbocycles. The maximum Gasteiger partial charge on any atom is 0.326 e. The fraction of sp³-hybridized carbons (Fsp3) is 0.348. The van der Waals surface area contributed by atoms with E-state index >= 15 is 0 Å². The number of aryl methyl sites for hydroxylation is 1. The number of hydrogen-bond acceptors (Lipinski definition) is 7. The zero-order chi connectivity index (χ0) is 24.3. The van der Waals surface area contributed by atoms with E-state index < -0.39 is 21.9 Å². The number of thiazole rings is 1. The van der Waals surface area contributed by atoms with Gasteiger partial charge in [-0.3, -0.25) is 9.59 Å². The normalized spacial score (nSPS) is 15.5. The van der Waals surface area contributed by atoms with Gasteiger partial charge in [0.15, 0.2) is 4.80 Å². The number of rotatable bonds is 6. The number of fused-ring (bicyclic) bond motifs is 1. The third-order valence-corrected chi connectivity index (χ3v) is 8.29. The van der Waals surface area contributed by atoms with Gasteiger partial charge in [-0.25, -0.2) is 8.42 Å². The molecule has 2 heterocycles. The molecule has 1 fully saturated rings. The Hall–Kier alpha value is -2.86. The highest BCUT2D eigenvalue weighted by molar-refractivity contribution is 7.89. The van der Waals surface area contributed by atoms with Gasteiger partial charge < -0.3 is 14.0 Å². The molecular formula is C23H25N3O6S2. The molecule has 0 radical (unpaired) electrons. The molecule has 9 nitrogen and oxygen atoms in total. The number of amides is 1. The lowest BCUT2D eigenvalue weighted by Gasteiger charge is -2.26. The maximum absolute atomic E-state index is 12.9. The largest absolute Gasteiger partial charge is 0.465 e. The Morgan fingerprint density at radius 2 is 1.82 bits per heavy atom. The molecule has 0 bridgehead atoms. The molecule has 11 heteroatoms. The summed E-state index contributed by atoms with van der Waals surface area (Å²) in [5.74, 6) is -0.953. The Bertz CT molecular complexity index is 1380. The molecule has 1 aliphatic rings. The van der Waals surface area contributed by atoms with E-state index in [1.165, 1.54) is 39.9 Å². The van der Waals surface area contributed by atoms with Crippen LogP contribution in [-0.4, -0.2) is 62.1 Å². The third kappa shape index (κ3) is 5.12. The second-order valence-electron chi connectivity index (χ2n) is 7.70. The molecule has 3 aromatic rings. The predicted molar refractivity (Wildman–Crippen MR) is 127 cm³/mol. The molecule has 0 saturated carbocycles. The van der Waals surface area contributed by atoms with E-state index in [4.69, 9.17) is 9.47 Å². The lowest BCUT2D eigenvalue weighted by molar-refractivity contribution is -0.143. The Morgan fingerprint density at radius 3 is 2.50 bits per heavy atom. The first-order valence-electron chi connectivity index (χ1n) is 10.8. The number of nitrogens with zero attached hydrogens (tertiary/aromatic N) is 3. The van der Waals surface area contributed by atoms with Crippen LogP contribution in [0.3, 0.4) is 0 Å². The Labute approximate surface area is 201 Å². The van der Waals surface area contributed by atoms with Crippen LogP contribution in [0.5, 0.6) is 0 Å². The summed E-state index contributed by atoms with van der Waals surface area (Å²) in [6, 6.07) is 11.5. The van der Waals surface area contributed by atoms with Gasteiger partial charge in [0.2, 0.25) is 10.0 Å². The van der Waals surface area contributed by atoms with Crippen LogP contribution in [0, 0.1) is 6.92 Å². The first kappa shape index (κ1) is 24.3. The molecule has 180 valence electrons. The van der Waals surface area contributed by atoms with Crippen molar-refractivity contribution in [3.63, 3.8) is 0 Å². The van der Waals surface area contributed by atoms with E-state index in [0.717, 1.165) is 15.8 Å². The number of carbonyl (C=O) groups is 2. The predicted octanol–water partition coefficient (Wildman–Crippen LogP) is 2.34. The lowest BCUT2D eigenvalue weighted by Crippen LogP contribution is -2.40. The zero-order valence-corrected chi connectivity index (χ0v) is 20.5. The number of esters is 1. The molecule has 34 heavy (non-hydrogen) atoms. The lowest BCUT2D eigenvalue weighted by atomic mass is 10.2.